The number of fused-ring (bicyclic) bond motifs is 1. The van der Waals surface area contributed by atoms with E-state index in [0.29, 0.717) is 19.8 Å². The zero-order chi connectivity index (χ0) is 14.0. The van der Waals surface area contributed by atoms with Crippen LogP contribution >= 0.6 is 23.7 Å². The molecule has 3 rings (SSSR count). The number of amides is 1. The van der Waals surface area contributed by atoms with Crippen LogP contribution in [0.5, 0.6) is 0 Å². The molecule has 0 saturated carbocycles. The van der Waals surface area contributed by atoms with E-state index in [4.69, 9.17) is 10.5 Å². The summed E-state index contributed by atoms with van der Waals surface area (Å²) in [4.78, 5) is 14.1. The number of hydrogen-bond donors (Lipinski definition) is 2. The summed E-state index contributed by atoms with van der Waals surface area (Å²) in [5.74, 6) is 0.118. The number of aryl methyl sites for hydroxylation is 1. The van der Waals surface area contributed by atoms with Crippen molar-refractivity contribution in [1.29, 1.82) is 0 Å². The highest BCUT2D eigenvalue weighted by Gasteiger charge is 2.40. The van der Waals surface area contributed by atoms with Crippen LogP contribution in [0.3, 0.4) is 0 Å². The topological polar surface area (TPSA) is 64.4 Å². The van der Waals surface area contributed by atoms with Gasteiger partial charge in [-0.05, 0) is 49.1 Å². The fourth-order valence-electron chi connectivity index (χ4n) is 3.23. The van der Waals surface area contributed by atoms with E-state index < -0.39 is 5.41 Å². The minimum absolute atomic E-state index is 0. The van der Waals surface area contributed by atoms with Gasteiger partial charge in [0.05, 0.1) is 11.5 Å². The molecule has 0 radical (unpaired) electrons. The van der Waals surface area contributed by atoms with Crippen LogP contribution in [0, 0.1) is 5.41 Å². The molecule has 1 aliphatic heterocycles. The lowest BCUT2D eigenvalue weighted by Gasteiger charge is -2.36. The number of hydrogen-bond acceptors (Lipinski definition) is 4. The molecule has 21 heavy (non-hydrogen) atoms. The minimum Gasteiger partial charge on any atom is -0.381 e. The first-order valence-electron chi connectivity index (χ1n) is 7.40. The number of rotatable bonds is 3. The predicted molar refractivity (Wildman–Crippen MR) is 86.9 cm³/mol. The Morgan fingerprint density at radius 3 is 2.95 bits per heavy atom. The Bertz CT molecular complexity index is 486. The van der Waals surface area contributed by atoms with Crippen molar-refractivity contribution >= 4 is 29.7 Å². The average molecular weight is 331 g/mol. The molecule has 1 amide bonds. The fourth-order valence-corrected chi connectivity index (χ4v) is 4.22. The van der Waals surface area contributed by atoms with Gasteiger partial charge in [0.25, 0.3) is 0 Å². The third kappa shape index (κ3) is 3.26. The van der Waals surface area contributed by atoms with Crippen molar-refractivity contribution in [3.8, 4) is 0 Å². The Morgan fingerprint density at radius 2 is 2.24 bits per heavy atom. The molecule has 6 heteroatoms. The highest BCUT2D eigenvalue weighted by molar-refractivity contribution is 7.10. The molecule has 2 aliphatic rings. The molecule has 1 aromatic heterocycles. The molecule has 1 aromatic rings. The maximum Gasteiger partial charge on any atom is 0.228 e. The third-order valence-corrected chi connectivity index (χ3v) is 5.68. The SMILES string of the molecule is Cl.NCC1(C(=O)NC2CCCc3sccc32)CCOCC1. The van der Waals surface area contributed by atoms with Gasteiger partial charge in [-0.2, -0.15) is 0 Å². The lowest BCUT2D eigenvalue weighted by atomic mass is 9.78. The van der Waals surface area contributed by atoms with E-state index in [9.17, 15) is 4.79 Å². The van der Waals surface area contributed by atoms with Crippen LogP contribution in [0.15, 0.2) is 11.4 Å². The number of halogens is 1. The molecule has 1 unspecified atom stereocenters. The van der Waals surface area contributed by atoms with Gasteiger partial charge in [-0.3, -0.25) is 4.79 Å². The molecule has 4 nitrogen and oxygen atoms in total. The van der Waals surface area contributed by atoms with Crippen LogP contribution in [0.4, 0.5) is 0 Å². The molecule has 1 saturated heterocycles. The van der Waals surface area contributed by atoms with Gasteiger partial charge in [0, 0.05) is 24.6 Å². The van der Waals surface area contributed by atoms with E-state index in [1.165, 1.54) is 10.4 Å². The summed E-state index contributed by atoms with van der Waals surface area (Å²) in [6.45, 7) is 1.68. The number of nitrogens with two attached hydrogens (primary N) is 1. The lowest BCUT2D eigenvalue weighted by molar-refractivity contribution is -0.136. The Kier molecular flexibility index (Phi) is 5.66. The Morgan fingerprint density at radius 1 is 1.48 bits per heavy atom. The van der Waals surface area contributed by atoms with Gasteiger partial charge in [0.2, 0.25) is 5.91 Å². The second kappa shape index (κ2) is 7.09. The van der Waals surface area contributed by atoms with E-state index in [-0.39, 0.29) is 24.4 Å². The molecule has 118 valence electrons. The quantitative estimate of drug-likeness (QED) is 0.894. The van der Waals surface area contributed by atoms with E-state index >= 15 is 0 Å². The predicted octanol–water partition coefficient (Wildman–Crippen LogP) is 2.42. The van der Waals surface area contributed by atoms with Crippen LogP contribution in [0.25, 0.3) is 0 Å². The molecule has 1 atom stereocenters. The maximum atomic E-state index is 12.7. The Labute approximate surface area is 135 Å². The molecule has 2 heterocycles. The summed E-state index contributed by atoms with van der Waals surface area (Å²) < 4.78 is 5.38. The molecular weight excluding hydrogens is 308 g/mol. The maximum absolute atomic E-state index is 12.7. The zero-order valence-electron chi connectivity index (χ0n) is 12.1. The van der Waals surface area contributed by atoms with Crippen molar-refractivity contribution in [3.05, 3.63) is 21.9 Å². The molecule has 3 N–H and O–H groups in total. The standard InChI is InChI=1S/C15H22N2O2S.ClH/c16-10-15(5-7-19-8-6-15)14(18)17-12-2-1-3-13-11(12)4-9-20-13;/h4,9,12H,1-3,5-8,10,16H2,(H,17,18);1H. The van der Waals surface area contributed by atoms with E-state index in [1.807, 2.05) is 0 Å². The highest BCUT2D eigenvalue weighted by atomic mass is 35.5. The second-order valence-corrected chi connectivity index (χ2v) is 6.81. The Hall–Kier alpha value is -0.620. The summed E-state index contributed by atoms with van der Waals surface area (Å²) in [5, 5.41) is 5.38. The van der Waals surface area contributed by atoms with Gasteiger partial charge < -0.3 is 15.8 Å². The summed E-state index contributed by atoms with van der Waals surface area (Å²) in [6, 6.07) is 2.33. The summed E-state index contributed by atoms with van der Waals surface area (Å²) in [5.41, 5.74) is 6.79. The number of carbonyl (C=O) groups excluding carboxylic acids is 1. The van der Waals surface area contributed by atoms with Gasteiger partial charge in [0.15, 0.2) is 0 Å². The van der Waals surface area contributed by atoms with Crippen LogP contribution in [-0.4, -0.2) is 25.7 Å². The van der Waals surface area contributed by atoms with Crippen molar-refractivity contribution in [1.82, 2.24) is 5.32 Å². The smallest absolute Gasteiger partial charge is 0.228 e. The van der Waals surface area contributed by atoms with Gasteiger partial charge in [-0.1, -0.05) is 0 Å². The monoisotopic (exact) mass is 330 g/mol. The van der Waals surface area contributed by atoms with Crippen molar-refractivity contribution < 1.29 is 9.53 Å². The van der Waals surface area contributed by atoms with Crippen LogP contribution < -0.4 is 11.1 Å². The van der Waals surface area contributed by atoms with Crippen molar-refractivity contribution in [2.75, 3.05) is 19.8 Å². The zero-order valence-corrected chi connectivity index (χ0v) is 13.7. The van der Waals surface area contributed by atoms with Gasteiger partial charge in [0.1, 0.15) is 0 Å². The van der Waals surface area contributed by atoms with Crippen LogP contribution in [0.2, 0.25) is 0 Å². The number of thiophene rings is 1. The largest absolute Gasteiger partial charge is 0.381 e. The van der Waals surface area contributed by atoms with Crippen LogP contribution in [-0.2, 0) is 16.0 Å². The molecule has 0 aromatic carbocycles. The normalized spacial score (nSPS) is 23.8. The first-order valence-corrected chi connectivity index (χ1v) is 8.28. The van der Waals surface area contributed by atoms with Gasteiger partial charge in [-0.15, -0.1) is 23.7 Å². The van der Waals surface area contributed by atoms with Crippen molar-refractivity contribution in [3.63, 3.8) is 0 Å². The number of ether oxygens (including phenoxy) is 1. The first-order chi connectivity index (χ1) is 9.75. The second-order valence-electron chi connectivity index (χ2n) is 5.81. The van der Waals surface area contributed by atoms with E-state index in [2.05, 4.69) is 16.8 Å². The summed E-state index contributed by atoms with van der Waals surface area (Å²) in [7, 11) is 0. The van der Waals surface area contributed by atoms with Gasteiger partial charge >= 0.3 is 0 Å². The number of carbonyl (C=O) groups is 1. The average Bonchev–Trinajstić information content (AvgIpc) is 2.97. The Balaban J connectivity index is 0.00000161. The highest BCUT2D eigenvalue weighted by Crippen LogP contribution is 2.35. The molecular formula is C15H23ClN2O2S. The first kappa shape index (κ1) is 16.7. The lowest BCUT2D eigenvalue weighted by Crippen LogP contribution is -2.50. The van der Waals surface area contributed by atoms with Crippen molar-refractivity contribution in [2.24, 2.45) is 11.1 Å². The molecule has 1 fully saturated rings. The minimum atomic E-state index is -0.425. The molecule has 1 aliphatic carbocycles. The summed E-state index contributed by atoms with van der Waals surface area (Å²) in [6.07, 6.45) is 4.80. The number of nitrogens with one attached hydrogen (secondary N) is 1. The summed E-state index contributed by atoms with van der Waals surface area (Å²) >= 11 is 1.80. The molecule has 0 bridgehead atoms. The van der Waals surface area contributed by atoms with Crippen molar-refractivity contribution in [2.45, 2.75) is 38.1 Å². The fraction of sp³-hybridized carbons (Fsp3) is 0.667. The molecule has 0 spiro atoms. The van der Waals surface area contributed by atoms with E-state index in [0.717, 1.165) is 32.1 Å². The van der Waals surface area contributed by atoms with Crippen LogP contribution in [0.1, 0.15) is 42.2 Å². The van der Waals surface area contributed by atoms with E-state index in [1.54, 1.807) is 11.3 Å². The third-order valence-electron chi connectivity index (χ3n) is 4.68. The van der Waals surface area contributed by atoms with Gasteiger partial charge in [-0.25, -0.2) is 0 Å².